The molecule has 0 amide bonds. The maximum atomic E-state index is 9.60. The van der Waals surface area contributed by atoms with Crippen LogP contribution in [0.3, 0.4) is 0 Å². The fraction of sp³-hybridized carbons (Fsp3) is 0.562. The number of nitriles is 1. The summed E-state index contributed by atoms with van der Waals surface area (Å²) in [5.74, 6) is 0.521. The number of rotatable bonds is 8. The van der Waals surface area contributed by atoms with Crippen molar-refractivity contribution < 1.29 is 4.74 Å². The standard InChI is InChI=1S/C16H24N2O/c1-4-18-16(13-17,10-11-19-12-14(2)3)15-8-6-5-7-9-15/h5-9,14,18H,4,10-12H2,1-3H3. The molecule has 0 heterocycles. The molecule has 1 aromatic carbocycles. The van der Waals surface area contributed by atoms with E-state index in [2.05, 4.69) is 25.2 Å². The minimum atomic E-state index is -0.646. The van der Waals surface area contributed by atoms with E-state index in [9.17, 15) is 5.26 Å². The molecule has 1 atom stereocenters. The van der Waals surface area contributed by atoms with Gasteiger partial charge in [0.2, 0.25) is 0 Å². The highest BCUT2D eigenvalue weighted by Crippen LogP contribution is 2.24. The molecule has 0 aromatic heterocycles. The van der Waals surface area contributed by atoms with E-state index in [0.717, 1.165) is 18.7 Å². The van der Waals surface area contributed by atoms with E-state index >= 15 is 0 Å². The number of hydrogen-bond donors (Lipinski definition) is 1. The van der Waals surface area contributed by atoms with Crippen LogP contribution in [0.5, 0.6) is 0 Å². The Morgan fingerprint density at radius 1 is 1.32 bits per heavy atom. The van der Waals surface area contributed by atoms with Crippen LogP contribution in [0.1, 0.15) is 32.8 Å². The molecule has 3 heteroatoms. The molecule has 0 aliphatic heterocycles. The van der Waals surface area contributed by atoms with Gasteiger partial charge in [-0.15, -0.1) is 0 Å². The molecular formula is C16H24N2O. The molecule has 3 nitrogen and oxygen atoms in total. The van der Waals surface area contributed by atoms with Crippen LogP contribution in [-0.4, -0.2) is 19.8 Å². The van der Waals surface area contributed by atoms with Crippen molar-refractivity contribution in [3.63, 3.8) is 0 Å². The Bertz CT molecular complexity index is 397. The summed E-state index contributed by atoms with van der Waals surface area (Å²) in [6, 6.07) is 12.3. The van der Waals surface area contributed by atoms with Gasteiger partial charge in [0, 0.05) is 19.6 Å². The Kier molecular flexibility index (Phi) is 6.55. The number of benzene rings is 1. The summed E-state index contributed by atoms with van der Waals surface area (Å²) < 4.78 is 5.63. The first kappa shape index (κ1) is 15.7. The zero-order valence-electron chi connectivity index (χ0n) is 12.1. The van der Waals surface area contributed by atoms with Crippen LogP contribution in [0.2, 0.25) is 0 Å². The third kappa shape index (κ3) is 4.66. The second kappa shape index (κ2) is 7.93. The summed E-state index contributed by atoms with van der Waals surface area (Å²) in [7, 11) is 0. The molecule has 1 N–H and O–H groups in total. The Hall–Kier alpha value is -1.37. The summed E-state index contributed by atoms with van der Waals surface area (Å²) in [5, 5.41) is 12.9. The smallest absolute Gasteiger partial charge is 0.134 e. The van der Waals surface area contributed by atoms with Gasteiger partial charge in [0.15, 0.2) is 0 Å². The summed E-state index contributed by atoms with van der Waals surface area (Å²) in [5.41, 5.74) is 0.361. The lowest BCUT2D eigenvalue weighted by atomic mass is 9.88. The van der Waals surface area contributed by atoms with Gasteiger partial charge in [-0.25, -0.2) is 0 Å². The van der Waals surface area contributed by atoms with Crippen molar-refractivity contribution in [2.45, 2.75) is 32.7 Å². The summed E-state index contributed by atoms with van der Waals surface area (Å²) in [6.07, 6.45) is 0.661. The SMILES string of the molecule is CCNC(C#N)(CCOCC(C)C)c1ccccc1. The van der Waals surface area contributed by atoms with Crippen LogP contribution < -0.4 is 5.32 Å². The molecule has 0 fully saturated rings. The van der Waals surface area contributed by atoms with Crippen LogP contribution in [0.15, 0.2) is 30.3 Å². The van der Waals surface area contributed by atoms with Gasteiger partial charge in [0.05, 0.1) is 6.07 Å². The monoisotopic (exact) mass is 260 g/mol. The maximum absolute atomic E-state index is 9.60. The highest BCUT2D eigenvalue weighted by Gasteiger charge is 2.30. The Morgan fingerprint density at radius 2 is 2.00 bits per heavy atom. The van der Waals surface area contributed by atoms with E-state index in [4.69, 9.17) is 4.74 Å². The molecular weight excluding hydrogens is 236 g/mol. The predicted octanol–water partition coefficient (Wildman–Crippen LogP) is 3.08. The van der Waals surface area contributed by atoms with Gasteiger partial charge < -0.3 is 4.74 Å². The van der Waals surface area contributed by atoms with Gasteiger partial charge in [0.25, 0.3) is 0 Å². The zero-order valence-corrected chi connectivity index (χ0v) is 12.1. The van der Waals surface area contributed by atoms with Crippen LogP contribution >= 0.6 is 0 Å². The second-order valence-electron chi connectivity index (χ2n) is 5.13. The molecule has 1 aromatic rings. The zero-order chi connectivity index (χ0) is 14.1. The van der Waals surface area contributed by atoms with Crippen molar-refractivity contribution in [2.75, 3.05) is 19.8 Å². The molecule has 0 radical (unpaired) electrons. The summed E-state index contributed by atoms with van der Waals surface area (Å²) in [4.78, 5) is 0. The van der Waals surface area contributed by atoms with E-state index < -0.39 is 5.54 Å². The minimum absolute atomic E-state index is 0.521. The van der Waals surface area contributed by atoms with Gasteiger partial charge in [0.1, 0.15) is 5.54 Å². The van der Waals surface area contributed by atoms with Crippen molar-refractivity contribution in [3.8, 4) is 6.07 Å². The highest BCUT2D eigenvalue weighted by molar-refractivity contribution is 5.31. The fourth-order valence-corrected chi connectivity index (χ4v) is 2.06. The average Bonchev–Trinajstić information content (AvgIpc) is 2.43. The van der Waals surface area contributed by atoms with Crippen LogP contribution in [0.4, 0.5) is 0 Å². The van der Waals surface area contributed by atoms with Crippen molar-refractivity contribution in [3.05, 3.63) is 35.9 Å². The molecule has 0 bridgehead atoms. The normalized spacial score (nSPS) is 14.1. The fourth-order valence-electron chi connectivity index (χ4n) is 2.06. The Labute approximate surface area is 116 Å². The summed E-state index contributed by atoms with van der Waals surface area (Å²) in [6.45, 7) is 8.35. The first-order chi connectivity index (χ1) is 9.14. The third-order valence-corrected chi connectivity index (χ3v) is 3.01. The number of nitrogens with zero attached hydrogens (tertiary/aromatic N) is 1. The third-order valence-electron chi connectivity index (χ3n) is 3.01. The van der Waals surface area contributed by atoms with Gasteiger partial charge in [-0.1, -0.05) is 51.1 Å². The largest absolute Gasteiger partial charge is 0.381 e. The second-order valence-corrected chi connectivity index (χ2v) is 5.13. The molecule has 1 rings (SSSR count). The van der Waals surface area contributed by atoms with Gasteiger partial charge >= 0.3 is 0 Å². The molecule has 0 saturated heterocycles. The minimum Gasteiger partial charge on any atom is -0.381 e. The van der Waals surface area contributed by atoms with Crippen molar-refractivity contribution in [1.29, 1.82) is 5.26 Å². The lowest BCUT2D eigenvalue weighted by molar-refractivity contribution is 0.0945. The molecule has 0 saturated carbocycles. The topological polar surface area (TPSA) is 45.0 Å². The summed E-state index contributed by atoms with van der Waals surface area (Å²) >= 11 is 0. The van der Waals surface area contributed by atoms with E-state index in [0.29, 0.717) is 18.9 Å². The first-order valence-electron chi connectivity index (χ1n) is 6.94. The van der Waals surface area contributed by atoms with Crippen molar-refractivity contribution >= 4 is 0 Å². The van der Waals surface area contributed by atoms with Crippen LogP contribution in [0.25, 0.3) is 0 Å². The van der Waals surface area contributed by atoms with Crippen molar-refractivity contribution in [1.82, 2.24) is 5.32 Å². The van der Waals surface area contributed by atoms with Gasteiger partial charge in [-0.3, -0.25) is 5.32 Å². The van der Waals surface area contributed by atoms with Gasteiger partial charge in [-0.2, -0.15) is 5.26 Å². The lowest BCUT2D eigenvalue weighted by Gasteiger charge is -2.28. The molecule has 1 unspecified atom stereocenters. The Balaban J connectivity index is 2.74. The quantitative estimate of drug-likeness (QED) is 0.731. The van der Waals surface area contributed by atoms with Crippen LogP contribution in [0, 0.1) is 17.2 Å². The van der Waals surface area contributed by atoms with Gasteiger partial charge in [-0.05, 0) is 18.0 Å². The van der Waals surface area contributed by atoms with E-state index in [1.54, 1.807) is 0 Å². The Morgan fingerprint density at radius 3 is 2.53 bits per heavy atom. The van der Waals surface area contributed by atoms with E-state index in [-0.39, 0.29) is 0 Å². The lowest BCUT2D eigenvalue weighted by Crippen LogP contribution is -2.42. The molecule has 19 heavy (non-hydrogen) atoms. The highest BCUT2D eigenvalue weighted by atomic mass is 16.5. The molecule has 0 aliphatic carbocycles. The molecule has 0 aliphatic rings. The number of ether oxygens (including phenoxy) is 1. The number of hydrogen-bond acceptors (Lipinski definition) is 3. The molecule has 104 valence electrons. The van der Waals surface area contributed by atoms with E-state index in [1.165, 1.54) is 0 Å². The molecule has 0 spiro atoms. The first-order valence-corrected chi connectivity index (χ1v) is 6.94. The maximum Gasteiger partial charge on any atom is 0.134 e. The number of nitrogens with one attached hydrogen (secondary N) is 1. The van der Waals surface area contributed by atoms with E-state index in [1.807, 2.05) is 37.3 Å². The van der Waals surface area contributed by atoms with Crippen LogP contribution in [-0.2, 0) is 10.3 Å². The van der Waals surface area contributed by atoms with Crippen molar-refractivity contribution in [2.24, 2.45) is 5.92 Å². The average molecular weight is 260 g/mol. The predicted molar refractivity (Wildman–Crippen MR) is 77.7 cm³/mol.